The molecule has 1 atom stereocenters. The Hall–Kier alpha value is -2.27. The molecule has 0 spiro atoms. The van der Waals surface area contributed by atoms with Gasteiger partial charge >= 0.3 is 6.09 Å². The highest BCUT2D eigenvalue weighted by Gasteiger charge is 2.35. The van der Waals surface area contributed by atoms with Gasteiger partial charge in [-0.2, -0.15) is 0 Å². The monoisotopic (exact) mass is 353 g/mol. The fraction of sp³-hybridized carbons (Fsp3) is 0.300. The Bertz CT molecular complexity index is 790. The summed E-state index contributed by atoms with van der Waals surface area (Å²) in [7, 11) is 0. The van der Waals surface area contributed by atoms with E-state index in [-0.39, 0.29) is 17.6 Å². The van der Waals surface area contributed by atoms with Crippen LogP contribution in [0.25, 0.3) is 11.1 Å². The van der Waals surface area contributed by atoms with E-state index in [9.17, 15) is 9.59 Å². The molecule has 0 aromatic heterocycles. The minimum absolute atomic E-state index is 0.0316. The van der Waals surface area contributed by atoms with Crippen LogP contribution in [0.15, 0.2) is 48.5 Å². The quantitative estimate of drug-likeness (QED) is 0.853. The second kappa shape index (κ2) is 6.56. The molecule has 1 aliphatic carbocycles. The number of benzene rings is 2. The predicted molar refractivity (Wildman–Crippen MR) is 98.8 cm³/mol. The Labute approximate surface area is 152 Å². The number of hydrogen-bond donors (Lipinski definition) is 1. The van der Waals surface area contributed by atoms with Crippen LogP contribution >= 0.6 is 12.6 Å². The third-order valence-corrected chi connectivity index (χ3v) is 5.41. The Morgan fingerprint density at radius 3 is 2.24 bits per heavy atom. The van der Waals surface area contributed by atoms with E-state index < -0.39 is 12.1 Å². The highest BCUT2D eigenvalue weighted by molar-refractivity contribution is 7.96. The molecule has 1 heterocycles. The second-order valence-electron chi connectivity index (χ2n) is 6.49. The van der Waals surface area contributed by atoms with Gasteiger partial charge in [0.15, 0.2) is 0 Å². The van der Waals surface area contributed by atoms with Gasteiger partial charge < -0.3 is 4.74 Å². The molecule has 1 saturated heterocycles. The average molecular weight is 353 g/mol. The summed E-state index contributed by atoms with van der Waals surface area (Å²) in [5.74, 6) is 0.0316. The van der Waals surface area contributed by atoms with Crippen LogP contribution in [0.4, 0.5) is 4.79 Å². The van der Waals surface area contributed by atoms with Crippen molar-refractivity contribution < 1.29 is 14.3 Å². The molecule has 4 nitrogen and oxygen atoms in total. The van der Waals surface area contributed by atoms with Crippen molar-refractivity contribution in [2.24, 2.45) is 0 Å². The number of likely N-dealkylation sites (tertiary alicyclic amines) is 1. The molecule has 1 fully saturated rings. The predicted octanol–water partition coefficient (Wildman–Crippen LogP) is 3.86. The standard InChI is InChI=1S/C20H19NO3S/c22-19(25)18-10-5-11-21(18)20(23)24-12-17-15-8-3-1-6-13(15)14-7-2-4-9-16(14)17/h1-4,6-9,17-18H,5,10-12H2,(H,22,25). The zero-order valence-electron chi connectivity index (χ0n) is 13.7. The van der Waals surface area contributed by atoms with Crippen molar-refractivity contribution >= 4 is 23.8 Å². The van der Waals surface area contributed by atoms with Crippen molar-refractivity contribution in [3.05, 3.63) is 59.7 Å². The molecule has 2 aliphatic rings. The van der Waals surface area contributed by atoms with Crippen molar-refractivity contribution in [1.29, 1.82) is 0 Å². The van der Waals surface area contributed by atoms with Gasteiger partial charge in [-0.05, 0) is 35.1 Å². The van der Waals surface area contributed by atoms with E-state index in [1.807, 2.05) is 24.3 Å². The van der Waals surface area contributed by atoms with E-state index in [1.165, 1.54) is 27.2 Å². The molecule has 2 aromatic rings. The maximum atomic E-state index is 12.5. The smallest absolute Gasteiger partial charge is 0.410 e. The number of hydrogen-bond acceptors (Lipinski definition) is 3. The van der Waals surface area contributed by atoms with E-state index >= 15 is 0 Å². The third-order valence-electron chi connectivity index (χ3n) is 5.11. The number of amides is 1. The summed E-state index contributed by atoms with van der Waals surface area (Å²) >= 11 is 3.89. The first kappa shape index (κ1) is 16.2. The van der Waals surface area contributed by atoms with Crippen molar-refractivity contribution in [2.45, 2.75) is 24.8 Å². The van der Waals surface area contributed by atoms with Crippen LogP contribution in [0.5, 0.6) is 0 Å². The van der Waals surface area contributed by atoms with E-state index in [2.05, 4.69) is 36.9 Å². The van der Waals surface area contributed by atoms with Gasteiger partial charge in [-0.15, -0.1) is 12.6 Å². The van der Waals surface area contributed by atoms with Gasteiger partial charge in [-0.3, -0.25) is 9.69 Å². The molecule has 1 amide bonds. The lowest BCUT2D eigenvalue weighted by Crippen LogP contribution is -2.39. The summed E-state index contributed by atoms with van der Waals surface area (Å²) in [6, 6.07) is 16.0. The van der Waals surface area contributed by atoms with Gasteiger partial charge in [0.2, 0.25) is 5.12 Å². The molecular formula is C20H19NO3S. The molecule has 0 saturated carbocycles. The lowest BCUT2D eigenvalue weighted by atomic mass is 9.98. The maximum absolute atomic E-state index is 12.5. The fourth-order valence-electron chi connectivity index (χ4n) is 3.92. The SMILES string of the molecule is O=C(S)C1CCCN1C(=O)OCC1c2ccccc2-c2ccccc21. The first-order valence-electron chi connectivity index (χ1n) is 8.51. The summed E-state index contributed by atoms with van der Waals surface area (Å²) in [5, 5.41) is -0.272. The van der Waals surface area contributed by atoms with Gasteiger partial charge in [0, 0.05) is 12.5 Å². The van der Waals surface area contributed by atoms with Crippen molar-refractivity contribution in [3.8, 4) is 11.1 Å². The molecule has 1 aliphatic heterocycles. The zero-order chi connectivity index (χ0) is 17.4. The number of carbonyl (C=O) groups is 2. The van der Waals surface area contributed by atoms with Gasteiger partial charge in [0.1, 0.15) is 12.6 Å². The second-order valence-corrected chi connectivity index (χ2v) is 6.93. The summed E-state index contributed by atoms with van der Waals surface area (Å²) in [6.45, 7) is 0.824. The van der Waals surface area contributed by atoms with E-state index in [4.69, 9.17) is 4.74 Å². The van der Waals surface area contributed by atoms with Gasteiger partial charge in [-0.1, -0.05) is 48.5 Å². The summed E-state index contributed by atoms with van der Waals surface area (Å²) < 4.78 is 5.60. The topological polar surface area (TPSA) is 46.6 Å². The highest BCUT2D eigenvalue weighted by Crippen LogP contribution is 2.44. The van der Waals surface area contributed by atoms with Gasteiger partial charge in [0.05, 0.1) is 0 Å². The molecule has 5 heteroatoms. The Morgan fingerprint density at radius 1 is 1.04 bits per heavy atom. The van der Waals surface area contributed by atoms with Crippen LogP contribution in [-0.4, -0.2) is 35.3 Å². The van der Waals surface area contributed by atoms with Crippen LogP contribution in [0.2, 0.25) is 0 Å². The Kier molecular flexibility index (Phi) is 4.25. The first-order valence-corrected chi connectivity index (χ1v) is 8.96. The van der Waals surface area contributed by atoms with Crippen LogP contribution in [-0.2, 0) is 9.53 Å². The number of thiol groups is 1. The van der Waals surface area contributed by atoms with Crippen molar-refractivity contribution in [2.75, 3.05) is 13.2 Å². The molecule has 2 aromatic carbocycles. The van der Waals surface area contributed by atoms with Gasteiger partial charge in [-0.25, -0.2) is 4.79 Å². The Balaban J connectivity index is 1.53. The normalized spacial score (nSPS) is 18.8. The maximum Gasteiger partial charge on any atom is 0.410 e. The summed E-state index contributed by atoms with van der Waals surface area (Å²) in [6.07, 6.45) is 1.04. The minimum atomic E-state index is -0.459. The highest BCUT2D eigenvalue weighted by atomic mass is 32.1. The number of rotatable bonds is 3. The van der Waals surface area contributed by atoms with E-state index in [0.717, 1.165) is 6.42 Å². The molecular weight excluding hydrogens is 334 g/mol. The lowest BCUT2D eigenvalue weighted by molar-refractivity contribution is -0.114. The van der Waals surface area contributed by atoms with Crippen LogP contribution in [0, 0.1) is 0 Å². The minimum Gasteiger partial charge on any atom is -0.448 e. The molecule has 0 N–H and O–H groups in total. The molecule has 4 rings (SSSR count). The van der Waals surface area contributed by atoms with E-state index in [1.54, 1.807) is 0 Å². The van der Waals surface area contributed by atoms with Gasteiger partial charge in [0.25, 0.3) is 0 Å². The number of nitrogens with zero attached hydrogens (tertiary/aromatic N) is 1. The Morgan fingerprint density at radius 2 is 1.64 bits per heavy atom. The number of fused-ring (bicyclic) bond motifs is 3. The largest absolute Gasteiger partial charge is 0.448 e. The molecule has 1 unspecified atom stereocenters. The van der Waals surface area contributed by atoms with Crippen LogP contribution < -0.4 is 0 Å². The molecule has 128 valence electrons. The lowest BCUT2D eigenvalue weighted by Gasteiger charge is -2.23. The fourth-order valence-corrected chi connectivity index (χ4v) is 4.19. The summed E-state index contributed by atoms with van der Waals surface area (Å²) in [4.78, 5) is 25.5. The molecule has 0 bridgehead atoms. The third kappa shape index (κ3) is 2.82. The van der Waals surface area contributed by atoms with Crippen LogP contribution in [0.3, 0.4) is 0 Å². The molecule has 25 heavy (non-hydrogen) atoms. The van der Waals surface area contributed by atoms with Crippen molar-refractivity contribution in [3.63, 3.8) is 0 Å². The number of carbonyl (C=O) groups excluding carboxylic acids is 2. The van der Waals surface area contributed by atoms with Crippen molar-refractivity contribution in [1.82, 2.24) is 4.90 Å². The average Bonchev–Trinajstić information content (AvgIpc) is 3.23. The van der Waals surface area contributed by atoms with E-state index in [0.29, 0.717) is 13.0 Å². The first-order chi connectivity index (χ1) is 12.2. The summed E-state index contributed by atoms with van der Waals surface area (Å²) in [5.41, 5.74) is 4.76. The molecule has 0 radical (unpaired) electrons. The number of ether oxygens (including phenoxy) is 1. The van der Waals surface area contributed by atoms with Crippen LogP contribution in [0.1, 0.15) is 29.9 Å². The zero-order valence-corrected chi connectivity index (χ0v) is 14.6.